The van der Waals surface area contributed by atoms with Gasteiger partial charge in [0.15, 0.2) is 16.3 Å². The Bertz CT molecular complexity index is 884. The number of hydrogen-bond acceptors (Lipinski definition) is 6. The van der Waals surface area contributed by atoms with Crippen molar-refractivity contribution < 1.29 is 9.53 Å². The minimum atomic E-state index is -0.501. The number of aromatic nitrogens is 4. The summed E-state index contributed by atoms with van der Waals surface area (Å²) in [5.74, 6) is -0.219. The summed E-state index contributed by atoms with van der Waals surface area (Å²) >= 11 is 1.23. The van der Waals surface area contributed by atoms with Crippen LogP contribution < -0.4 is 11.2 Å². The largest absolute Gasteiger partial charge is 0.465 e. The maximum absolute atomic E-state index is 12.4. The highest BCUT2D eigenvalue weighted by atomic mass is 32.2. The van der Waals surface area contributed by atoms with E-state index in [9.17, 15) is 14.4 Å². The number of ether oxygens (including phenoxy) is 1. The smallest absolute Gasteiger partial charge is 0.329 e. The Kier molecular flexibility index (Phi) is 8.15. The van der Waals surface area contributed by atoms with Crippen LogP contribution in [0.4, 0.5) is 0 Å². The molecule has 0 aliphatic carbocycles. The summed E-state index contributed by atoms with van der Waals surface area (Å²) in [6, 6.07) is 0. The fraction of sp³-hybridized carbons (Fsp3) is 0.667. The van der Waals surface area contributed by atoms with Gasteiger partial charge in [0.25, 0.3) is 5.56 Å². The number of unbranched alkanes of at least 4 members (excludes halogenated alkanes) is 5. The predicted molar refractivity (Wildman–Crippen MR) is 106 cm³/mol. The van der Waals surface area contributed by atoms with E-state index in [0.29, 0.717) is 29.5 Å². The summed E-state index contributed by atoms with van der Waals surface area (Å²) in [5.41, 5.74) is -0.244. The lowest BCUT2D eigenvalue weighted by Crippen LogP contribution is -2.29. The van der Waals surface area contributed by atoms with Crippen molar-refractivity contribution in [2.45, 2.75) is 64.1 Å². The Morgan fingerprint density at radius 2 is 1.85 bits per heavy atom. The Labute approximate surface area is 162 Å². The number of nitrogens with one attached hydrogen (secondary N) is 1. The zero-order valence-corrected chi connectivity index (χ0v) is 17.1. The van der Waals surface area contributed by atoms with Gasteiger partial charge in [-0.25, -0.2) is 9.78 Å². The third-order valence-corrected chi connectivity index (χ3v) is 5.28. The molecule has 0 atom stereocenters. The zero-order valence-electron chi connectivity index (χ0n) is 16.2. The first-order chi connectivity index (χ1) is 13.0. The molecule has 0 amide bonds. The number of fused-ring (bicyclic) bond motifs is 1. The molecule has 1 N–H and O–H groups in total. The molecule has 150 valence electrons. The van der Waals surface area contributed by atoms with Gasteiger partial charge in [0, 0.05) is 13.6 Å². The van der Waals surface area contributed by atoms with E-state index in [0.717, 1.165) is 19.3 Å². The van der Waals surface area contributed by atoms with Gasteiger partial charge < -0.3 is 9.30 Å². The second-order valence-electron chi connectivity index (χ2n) is 6.40. The molecule has 2 rings (SSSR count). The Morgan fingerprint density at radius 1 is 1.15 bits per heavy atom. The van der Waals surface area contributed by atoms with E-state index >= 15 is 0 Å². The molecule has 2 aromatic rings. The average Bonchev–Trinajstić information content (AvgIpc) is 3.00. The highest BCUT2D eigenvalue weighted by molar-refractivity contribution is 7.99. The molecular weight excluding hydrogens is 368 g/mol. The lowest BCUT2D eigenvalue weighted by molar-refractivity contribution is -0.139. The van der Waals surface area contributed by atoms with Gasteiger partial charge in [0.05, 0.1) is 12.4 Å². The molecule has 0 aromatic carbocycles. The number of nitrogens with zero attached hydrogens (tertiary/aromatic N) is 3. The highest BCUT2D eigenvalue weighted by Crippen LogP contribution is 2.22. The van der Waals surface area contributed by atoms with Gasteiger partial charge in [-0.15, -0.1) is 0 Å². The second kappa shape index (κ2) is 10.3. The van der Waals surface area contributed by atoms with Crippen LogP contribution in [0.1, 0.15) is 52.4 Å². The molecular formula is C18H28N4O4S. The first-order valence-electron chi connectivity index (χ1n) is 9.47. The van der Waals surface area contributed by atoms with E-state index in [1.54, 1.807) is 14.0 Å². The molecule has 27 heavy (non-hydrogen) atoms. The van der Waals surface area contributed by atoms with Gasteiger partial charge in [-0.3, -0.25) is 19.1 Å². The van der Waals surface area contributed by atoms with Crippen LogP contribution in [0, 0.1) is 0 Å². The Hall–Kier alpha value is -2.03. The molecule has 2 aromatic heterocycles. The van der Waals surface area contributed by atoms with Crippen LogP contribution in [0.5, 0.6) is 0 Å². The number of esters is 1. The quantitative estimate of drug-likeness (QED) is 0.356. The van der Waals surface area contributed by atoms with Crippen LogP contribution in [0.2, 0.25) is 0 Å². The number of H-pyrrole nitrogens is 1. The van der Waals surface area contributed by atoms with Crippen LogP contribution >= 0.6 is 11.8 Å². The van der Waals surface area contributed by atoms with Crippen LogP contribution in [0.15, 0.2) is 14.7 Å². The molecule has 0 fully saturated rings. The number of carbonyl (C=O) groups is 1. The number of hydrogen-bond donors (Lipinski definition) is 1. The highest BCUT2D eigenvalue weighted by Gasteiger charge is 2.18. The van der Waals surface area contributed by atoms with Gasteiger partial charge in [-0.05, 0) is 13.3 Å². The molecule has 8 nitrogen and oxygen atoms in total. The summed E-state index contributed by atoms with van der Waals surface area (Å²) in [4.78, 5) is 42.7. The molecule has 0 bridgehead atoms. The van der Waals surface area contributed by atoms with E-state index in [2.05, 4.69) is 16.9 Å². The topological polar surface area (TPSA) is 99.0 Å². The molecule has 2 heterocycles. The molecule has 0 saturated carbocycles. The normalized spacial score (nSPS) is 11.2. The third-order valence-electron chi connectivity index (χ3n) is 4.33. The van der Waals surface area contributed by atoms with Crippen molar-refractivity contribution in [1.82, 2.24) is 19.1 Å². The van der Waals surface area contributed by atoms with Crippen molar-refractivity contribution in [3.8, 4) is 0 Å². The van der Waals surface area contributed by atoms with Gasteiger partial charge >= 0.3 is 11.7 Å². The number of thioether (sulfide) groups is 1. The van der Waals surface area contributed by atoms with E-state index < -0.39 is 11.2 Å². The molecule has 0 radical (unpaired) electrons. The molecule has 0 aliphatic heterocycles. The third kappa shape index (κ3) is 5.47. The van der Waals surface area contributed by atoms with Crippen molar-refractivity contribution >= 4 is 28.9 Å². The summed E-state index contributed by atoms with van der Waals surface area (Å²) in [6.07, 6.45) is 6.76. The summed E-state index contributed by atoms with van der Waals surface area (Å²) in [6.45, 7) is 4.88. The monoisotopic (exact) mass is 396 g/mol. The SMILES string of the molecule is CCCCCCCCn1c(SCC(=O)OCC)nc2c1c(=O)[nH]c(=O)n2C. The molecule has 0 spiro atoms. The zero-order chi connectivity index (χ0) is 19.8. The first kappa shape index (κ1) is 21.3. The van der Waals surface area contributed by atoms with E-state index in [4.69, 9.17) is 4.74 Å². The molecule has 9 heteroatoms. The number of carbonyl (C=O) groups excluding carboxylic acids is 1. The summed E-state index contributed by atoms with van der Waals surface area (Å²) in [7, 11) is 1.57. The van der Waals surface area contributed by atoms with Crippen molar-refractivity contribution in [3.63, 3.8) is 0 Å². The second-order valence-corrected chi connectivity index (χ2v) is 7.34. The fourth-order valence-corrected chi connectivity index (χ4v) is 3.73. The van der Waals surface area contributed by atoms with Gasteiger partial charge in [0.2, 0.25) is 0 Å². The maximum Gasteiger partial charge on any atom is 0.329 e. The predicted octanol–water partition coefficient (Wildman–Crippen LogP) is 2.44. The summed E-state index contributed by atoms with van der Waals surface area (Å²) in [5, 5.41) is 0.554. The number of aromatic amines is 1. The number of aryl methyl sites for hydroxylation is 2. The van der Waals surface area contributed by atoms with Crippen molar-refractivity contribution in [2.75, 3.05) is 12.4 Å². The van der Waals surface area contributed by atoms with E-state index in [1.165, 1.54) is 35.6 Å². The Balaban J connectivity index is 2.25. The minimum absolute atomic E-state index is 0.111. The van der Waals surface area contributed by atoms with E-state index in [-0.39, 0.29) is 11.7 Å². The van der Waals surface area contributed by atoms with Crippen molar-refractivity contribution in [3.05, 3.63) is 20.8 Å². The van der Waals surface area contributed by atoms with Crippen LogP contribution in [-0.4, -0.2) is 37.4 Å². The molecule has 0 saturated heterocycles. The van der Waals surface area contributed by atoms with E-state index in [1.807, 2.05) is 4.57 Å². The first-order valence-corrected chi connectivity index (χ1v) is 10.5. The number of rotatable bonds is 11. The van der Waals surface area contributed by atoms with Crippen LogP contribution in [-0.2, 0) is 23.1 Å². The van der Waals surface area contributed by atoms with Gasteiger partial charge in [-0.1, -0.05) is 50.8 Å². The minimum Gasteiger partial charge on any atom is -0.465 e. The standard InChI is InChI=1S/C18H28N4O4S/c1-4-6-7-8-9-10-11-22-14-15(21(3)17(25)20-16(14)24)19-18(22)27-12-13(23)26-5-2/h4-12H2,1-3H3,(H,20,24,25). The van der Waals surface area contributed by atoms with Crippen LogP contribution in [0.3, 0.4) is 0 Å². The fourth-order valence-electron chi connectivity index (χ4n) is 2.91. The van der Waals surface area contributed by atoms with Crippen molar-refractivity contribution in [2.24, 2.45) is 7.05 Å². The summed E-state index contributed by atoms with van der Waals surface area (Å²) < 4.78 is 8.10. The lowest BCUT2D eigenvalue weighted by Gasteiger charge is -2.08. The van der Waals surface area contributed by atoms with Crippen LogP contribution in [0.25, 0.3) is 11.2 Å². The molecule has 0 aliphatic rings. The van der Waals surface area contributed by atoms with Gasteiger partial charge in [-0.2, -0.15) is 0 Å². The average molecular weight is 397 g/mol. The van der Waals surface area contributed by atoms with Gasteiger partial charge in [0.1, 0.15) is 0 Å². The molecule has 0 unspecified atom stereocenters. The van der Waals surface area contributed by atoms with Crippen molar-refractivity contribution in [1.29, 1.82) is 0 Å². The maximum atomic E-state index is 12.4. The Morgan fingerprint density at radius 3 is 2.56 bits per heavy atom. The lowest BCUT2D eigenvalue weighted by atomic mass is 10.1. The number of imidazole rings is 1.